The van der Waals surface area contributed by atoms with Crippen molar-refractivity contribution in [2.75, 3.05) is 19.8 Å². The highest BCUT2D eigenvalue weighted by atomic mass is 28.4. The molecule has 0 aromatic carbocycles. The van der Waals surface area contributed by atoms with E-state index in [2.05, 4.69) is 48.5 Å². The van der Waals surface area contributed by atoms with Crippen LogP contribution >= 0.6 is 0 Å². The minimum atomic E-state index is -2.29. The van der Waals surface area contributed by atoms with E-state index in [1.165, 1.54) is 89.9 Å². The van der Waals surface area contributed by atoms with Crippen LogP contribution in [0.25, 0.3) is 0 Å². The third kappa shape index (κ3) is 10.7. The number of hydrogen-bond acceptors (Lipinski definition) is 3. The number of unbranched alkanes of at least 4 members (excludes halogenated alkanes) is 13. The van der Waals surface area contributed by atoms with Crippen LogP contribution < -0.4 is 0 Å². The Balaban J connectivity index is 1.96. The highest BCUT2D eigenvalue weighted by Gasteiger charge is 2.62. The molecular formula is C27H56O3Si. The van der Waals surface area contributed by atoms with Gasteiger partial charge in [-0.25, -0.2) is 0 Å². The smallest absolute Gasteiger partial charge is 0.349 e. The molecule has 0 aromatic rings. The molecule has 1 saturated heterocycles. The predicted octanol–water partition coefficient (Wildman–Crippen LogP) is 8.94. The molecule has 31 heavy (non-hydrogen) atoms. The quantitative estimate of drug-likeness (QED) is 0.161. The van der Waals surface area contributed by atoms with Crippen LogP contribution in [0.15, 0.2) is 0 Å². The van der Waals surface area contributed by atoms with Gasteiger partial charge in [0.1, 0.15) is 0 Å². The van der Waals surface area contributed by atoms with Gasteiger partial charge in [0, 0.05) is 16.7 Å². The van der Waals surface area contributed by atoms with Gasteiger partial charge in [-0.1, -0.05) is 132 Å². The Morgan fingerprint density at radius 3 is 1.48 bits per heavy atom. The molecular weight excluding hydrogens is 400 g/mol. The molecule has 3 nitrogen and oxygen atoms in total. The van der Waals surface area contributed by atoms with Gasteiger partial charge in [-0.2, -0.15) is 0 Å². The van der Waals surface area contributed by atoms with E-state index in [9.17, 15) is 0 Å². The molecule has 1 atom stereocenters. The summed E-state index contributed by atoms with van der Waals surface area (Å²) in [7, 11) is -2.29. The lowest BCUT2D eigenvalue weighted by Gasteiger charge is -2.45. The van der Waals surface area contributed by atoms with Crippen molar-refractivity contribution in [2.45, 2.75) is 155 Å². The highest BCUT2D eigenvalue weighted by Crippen LogP contribution is 2.54. The van der Waals surface area contributed by atoms with Crippen LogP contribution in [0, 0.1) is 0 Å². The molecule has 0 spiro atoms. The first kappa shape index (κ1) is 29.1. The Hall–Kier alpha value is 0.0969. The van der Waals surface area contributed by atoms with Gasteiger partial charge in [-0.15, -0.1) is 0 Å². The van der Waals surface area contributed by atoms with Gasteiger partial charge < -0.3 is 13.6 Å². The van der Waals surface area contributed by atoms with E-state index >= 15 is 0 Å². The van der Waals surface area contributed by atoms with Crippen LogP contribution in [0.3, 0.4) is 0 Å². The number of hydrogen-bond donors (Lipinski definition) is 0. The first-order valence-electron chi connectivity index (χ1n) is 13.5. The zero-order valence-corrected chi connectivity index (χ0v) is 23.3. The van der Waals surface area contributed by atoms with E-state index in [0.29, 0.717) is 13.2 Å². The normalized spacial score (nSPS) is 19.3. The Morgan fingerprint density at radius 1 is 0.677 bits per heavy atom. The maximum atomic E-state index is 6.59. The van der Waals surface area contributed by atoms with Gasteiger partial charge >= 0.3 is 8.56 Å². The van der Waals surface area contributed by atoms with Gasteiger partial charge in [0.25, 0.3) is 0 Å². The molecule has 1 unspecified atom stereocenters. The van der Waals surface area contributed by atoms with Crippen LogP contribution in [0.4, 0.5) is 0 Å². The maximum Gasteiger partial charge on any atom is 0.349 e. The Kier molecular flexibility index (Phi) is 14.2. The average molecular weight is 457 g/mol. The number of rotatable bonds is 17. The second-order valence-electron chi connectivity index (χ2n) is 11.8. The SMILES string of the molecule is CCCCCCCCCCCCCCCCOCC1CO[Si](C(C)(C)C)(C(C)(C)C)O1. The number of ether oxygens (including phenoxy) is 1. The van der Waals surface area contributed by atoms with Gasteiger partial charge in [-0.05, 0) is 6.42 Å². The topological polar surface area (TPSA) is 27.7 Å². The standard InChI is InChI=1S/C27H56O3Si/c1-8-9-10-11-12-13-14-15-16-17-18-19-20-21-22-28-23-25-24-29-31(30-25,26(2,3)4)27(5,6)7/h25H,8-24H2,1-7H3. The Bertz CT molecular complexity index is 425. The molecule has 1 aliphatic rings. The summed E-state index contributed by atoms with van der Waals surface area (Å²) >= 11 is 0. The van der Waals surface area contributed by atoms with E-state index in [0.717, 1.165) is 6.61 Å². The fourth-order valence-corrected chi connectivity index (χ4v) is 10.0. The molecule has 0 radical (unpaired) electrons. The third-order valence-corrected chi connectivity index (χ3v) is 11.9. The zero-order chi connectivity index (χ0) is 23.2. The summed E-state index contributed by atoms with van der Waals surface area (Å²) in [5.74, 6) is 0. The molecule has 0 amide bonds. The van der Waals surface area contributed by atoms with Gasteiger partial charge in [0.15, 0.2) is 0 Å². The highest BCUT2D eigenvalue weighted by molar-refractivity contribution is 6.73. The zero-order valence-electron chi connectivity index (χ0n) is 22.3. The lowest BCUT2D eigenvalue weighted by Crippen LogP contribution is -2.54. The van der Waals surface area contributed by atoms with E-state index < -0.39 is 8.56 Å². The second kappa shape index (κ2) is 15.1. The van der Waals surface area contributed by atoms with Crippen molar-refractivity contribution in [3.05, 3.63) is 0 Å². The fraction of sp³-hybridized carbons (Fsp3) is 1.00. The molecule has 186 valence electrons. The second-order valence-corrected chi connectivity index (χ2v) is 16.6. The van der Waals surface area contributed by atoms with Gasteiger partial charge in [-0.3, -0.25) is 0 Å². The monoisotopic (exact) mass is 456 g/mol. The first-order chi connectivity index (χ1) is 14.6. The molecule has 0 aliphatic carbocycles. The molecule has 0 N–H and O–H groups in total. The van der Waals surface area contributed by atoms with Crippen molar-refractivity contribution in [3.8, 4) is 0 Å². The molecule has 0 saturated carbocycles. The summed E-state index contributed by atoms with van der Waals surface area (Å²) in [6.07, 6.45) is 19.6. The van der Waals surface area contributed by atoms with E-state index in [-0.39, 0.29) is 16.2 Å². The molecule has 1 heterocycles. The summed E-state index contributed by atoms with van der Waals surface area (Å²) in [5, 5.41) is 0.128. The van der Waals surface area contributed by atoms with Gasteiger partial charge in [0.05, 0.1) is 19.3 Å². The van der Waals surface area contributed by atoms with E-state index in [4.69, 9.17) is 13.6 Å². The van der Waals surface area contributed by atoms with Crippen molar-refractivity contribution in [3.63, 3.8) is 0 Å². The minimum Gasteiger partial charge on any atom is -0.391 e. The fourth-order valence-electron chi connectivity index (χ4n) is 5.12. The van der Waals surface area contributed by atoms with Crippen LogP contribution in [0.5, 0.6) is 0 Å². The summed E-state index contributed by atoms with van der Waals surface area (Å²) in [6, 6.07) is 0. The van der Waals surface area contributed by atoms with E-state index in [1.54, 1.807) is 0 Å². The lowest BCUT2D eigenvalue weighted by molar-refractivity contribution is 0.0530. The summed E-state index contributed by atoms with van der Waals surface area (Å²) in [5.41, 5.74) is 0. The molecule has 0 aromatic heterocycles. The molecule has 4 heteroatoms. The van der Waals surface area contributed by atoms with Crippen LogP contribution in [-0.2, 0) is 13.6 Å². The molecule has 0 bridgehead atoms. The maximum absolute atomic E-state index is 6.59. The summed E-state index contributed by atoms with van der Waals surface area (Å²) < 4.78 is 19.0. The van der Waals surface area contributed by atoms with Crippen LogP contribution in [0.2, 0.25) is 10.1 Å². The molecule has 1 aliphatic heterocycles. The largest absolute Gasteiger partial charge is 0.391 e. The van der Waals surface area contributed by atoms with Crippen LogP contribution in [0.1, 0.15) is 138 Å². The Morgan fingerprint density at radius 2 is 1.10 bits per heavy atom. The van der Waals surface area contributed by atoms with Crippen molar-refractivity contribution >= 4 is 8.56 Å². The van der Waals surface area contributed by atoms with Crippen molar-refractivity contribution < 1.29 is 13.6 Å². The lowest BCUT2D eigenvalue weighted by atomic mass is 10.0. The van der Waals surface area contributed by atoms with E-state index in [1.807, 2.05) is 0 Å². The Labute approximate surface area is 196 Å². The first-order valence-corrected chi connectivity index (χ1v) is 15.4. The van der Waals surface area contributed by atoms with Crippen LogP contribution in [-0.4, -0.2) is 34.5 Å². The van der Waals surface area contributed by atoms with Crippen molar-refractivity contribution in [1.29, 1.82) is 0 Å². The summed E-state index contributed by atoms with van der Waals surface area (Å²) in [4.78, 5) is 0. The average Bonchev–Trinajstić information content (AvgIpc) is 3.13. The van der Waals surface area contributed by atoms with Crippen molar-refractivity contribution in [1.82, 2.24) is 0 Å². The van der Waals surface area contributed by atoms with Crippen molar-refractivity contribution in [2.24, 2.45) is 0 Å². The summed E-state index contributed by atoms with van der Waals surface area (Å²) in [6.45, 7) is 18.1. The third-order valence-electron chi connectivity index (χ3n) is 6.73. The molecule has 1 rings (SSSR count). The minimum absolute atomic E-state index is 0.0641. The molecule has 1 fully saturated rings. The van der Waals surface area contributed by atoms with Gasteiger partial charge in [0.2, 0.25) is 0 Å². The predicted molar refractivity (Wildman–Crippen MR) is 137 cm³/mol.